The van der Waals surface area contributed by atoms with Crippen molar-refractivity contribution in [2.75, 3.05) is 11.1 Å². The topological polar surface area (TPSA) is 29.1 Å². The number of hydrogen-bond acceptors (Lipinski definition) is 2. The van der Waals surface area contributed by atoms with Gasteiger partial charge in [-0.25, -0.2) is 0 Å². The molecule has 0 spiro atoms. The number of nitrogens with one attached hydrogen (secondary N) is 1. The third-order valence-electron chi connectivity index (χ3n) is 2.25. The number of anilines is 1. The summed E-state index contributed by atoms with van der Waals surface area (Å²) in [6.07, 6.45) is 0. The SMILES string of the molecule is O=C(CSc1ccccc1Cl)Nc1ccccc1. The summed E-state index contributed by atoms with van der Waals surface area (Å²) in [7, 11) is 0. The number of hydrogen-bond donors (Lipinski definition) is 1. The molecule has 0 atom stereocenters. The standard InChI is InChI=1S/C14H12ClNOS/c15-12-8-4-5-9-13(12)18-10-14(17)16-11-6-2-1-3-7-11/h1-9H,10H2,(H,16,17). The van der Waals surface area contributed by atoms with E-state index < -0.39 is 0 Å². The second kappa shape index (κ2) is 6.47. The first-order valence-corrected chi connectivity index (χ1v) is 6.84. The number of carbonyl (C=O) groups excluding carboxylic acids is 1. The maximum Gasteiger partial charge on any atom is 0.234 e. The van der Waals surface area contributed by atoms with Crippen molar-refractivity contribution in [3.05, 3.63) is 59.6 Å². The molecule has 0 unspecified atom stereocenters. The third kappa shape index (κ3) is 3.79. The van der Waals surface area contributed by atoms with Crippen molar-refractivity contribution in [2.45, 2.75) is 4.90 Å². The van der Waals surface area contributed by atoms with Gasteiger partial charge < -0.3 is 5.32 Å². The summed E-state index contributed by atoms with van der Waals surface area (Å²) in [5, 5.41) is 3.50. The minimum atomic E-state index is -0.0360. The number of amides is 1. The van der Waals surface area contributed by atoms with Crippen molar-refractivity contribution < 1.29 is 4.79 Å². The fraction of sp³-hybridized carbons (Fsp3) is 0.0714. The molecule has 0 aromatic heterocycles. The highest BCUT2D eigenvalue weighted by atomic mass is 35.5. The number of thioether (sulfide) groups is 1. The monoisotopic (exact) mass is 277 g/mol. The van der Waals surface area contributed by atoms with E-state index in [0.29, 0.717) is 10.8 Å². The lowest BCUT2D eigenvalue weighted by Crippen LogP contribution is -2.13. The average molecular weight is 278 g/mol. The molecule has 0 fully saturated rings. The molecule has 2 aromatic carbocycles. The Balaban J connectivity index is 1.88. The predicted molar refractivity (Wildman–Crippen MR) is 77.2 cm³/mol. The van der Waals surface area contributed by atoms with Crippen molar-refractivity contribution in [1.82, 2.24) is 0 Å². The number of para-hydroxylation sites is 1. The zero-order chi connectivity index (χ0) is 12.8. The second-order valence-electron chi connectivity index (χ2n) is 3.63. The maximum absolute atomic E-state index is 11.7. The van der Waals surface area contributed by atoms with Gasteiger partial charge in [0.1, 0.15) is 0 Å². The highest BCUT2D eigenvalue weighted by Crippen LogP contribution is 2.26. The molecule has 2 nitrogen and oxygen atoms in total. The highest BCUT2D eigenvalue weighted by Gasteiger charge is 2.05. The molecular weight excluding hydrogens is 266 g/mol. The van der Waals surface area contributed by atoms with Crippen molar-refractivity contribution in [1.29, 1.82) is 0 Å². The summed E-state index contributed by atoms with van der Waals surface area (Å²) < 4.78 is 0. The Bertz CT molecular complexity index is 530. The molecule has 0 bridgehead atoms. The van der Waals surface area contributed by atoms with Crippen LogP contribution >= 0.6 is 23.4 Å². The van der Waals surface area contributed by atoms with Gasteiger partial charge in [0.15, 0.2) is 0 Å². The van der Waals surface area contributed by atoms with Crippen LogP contribution in [-0.2, 0) is 4.79 Å². The van der Waals surface area contributed by atoms with Gasteiger partial charge in [-0.05, 0) is 24.3 Å². The zero-order valence-corrected chi connectivity index (χ0v) is 11.2. The summed E-state index contributed by atoms with van der Waals surface area (Å²) in [5.74, 6) is 0.310. The lowest BCUT2D eigenvalue weighted by Gasteiger charge is -2.05. The Morgan fingerprint density at radius 2 is 1.72 bits per heavy atom. The molecule has 0 aliphatic carbocycles. The molecule has 0 saturated heterocycles. The minimum absolute atomic E-state index is 0.0360. The number of carbonyl (C=O) groups is 1. The summed E-state index contributed by atoms with van der Waals surface area (Å²) in [5.41, 5.74) is 0.808. The second-order valence-corrected chi connectivity index (χ2v) is 5.06. The van der Waals surface area contributed by atoms with Gasteiger partial charge in [0.05, 0.1) is 10.8 Å². The largest absolute Gasteiger partial charge is 0.325 e. The van der Waals surface area contributed by atoms with E-state index in [1.807, 2.05) is 54.6 Å². The first-order chi connectivity index (χ1) is 8.75. The Morgan fingerprint density at radius 3 is 2.44 bits per heavy atom. The van der Waals surface area contributed by atoms with Crippen LogP contribution < -0.4 is 5.32 Å². The smallest absolute Gasteiger partial charge is 0.234 e. The normalized spacial score (nSPS) is 10.1. The molecule has 0 saturated carbocycles. The fourth-order valence-corrected chi connectivity index (χ4v) is 2.46. The quantitative estimate of drug-likeness (QED) is 0.854. The molecular formula is C14H12ClNOS. The third-order valence-corrected chi connectivity index (χ3v) is 3.77. The van der Waals surface area contributed by atoms with Crippen molar-refractivity contribution >= 4 is 35.0 Å². The van der Waals surface area contributed by atoms with E-state index in [2.05, 4.69) is 5.32 Å². The van der Waals surface area contributed by atoms with E-state index in [1.54, 1.807) is 0 Å². The number of halogens is 1. The van der Waals surface area contributed by atoms with Crippen LogP contribution in [-0.4, -0.2) is 11.7 Å². The maximum atomic E-state index is 11.7. The van der Waals surface area contributed by atoms with Gasteiger partial charge in [-0.15, -0.1) is 11.8 Å². The van der Waals surface area contributed by atoms with Crippen LogP contribution in [0.2, 0.25) is 5.02 Å². The van der Waals surface area contributed by atoms with Crippen LogP contribution in [0.5, 0.6) is 0 Å². The highest BCUT2D eigenvalue weighted by molar-refractivity contribution is 8.00. The van der Waals surface area contributed by atoms with Crippen LogP contribution in [0.25, 0.3) is 0 Å². The number of benzene rings is 2. The van der Waals surface area contributed by atoms with E-state index in [1.165, 1.54) is 11.8 Å². The number of rotatable bonds is 4. The first-order valence-electron chi connectivity index (χ1n) is 5.48. The van der Waals surface area contributed by atoms with Gasteiger partial charge in [0, 0.05) is 10.6 Å². The average Bonchev–Trinajstić information content (AvgIpc) is 2.39. The Kier molecular flexibility index (Phi) is 4.67. The molecule has 1 N–H and O–H groups in total. The zero-order valence-electron chi connectivity index (χ0n) is 9.60. The van der Waals surface area contributed by atoms with E-state index >= 15 is 0 Å². The van der Waals surface area contributed by atoms with Gasteiger partial charge in [0.2, 0.25) is 5.91 Å². The molecule has 0 aliphatic heterocycles. The molecule has 18 heavy (non-hydrogen) atoms. The summed E-state index contributed by atoms with van der Waals surface area (Å²) >= 11 is 7.45. The molecule has 1 amide bonds. The Hall–Kier alpha value is -1.45. The lowest BCUT2D eigenvalue weighted by atomic mass is 10.3. The Morgan fingerprint density at radius 1 is 1.06 bits per heavy atom. The van der Waals surface area contributed by atoms with Crippen LogP contribution in [0.15, 0.2) is 59.5 Å². The van der Waals surface area contributed by atoms with E-state index in [0.717, 1.165) is 10.6 Å². The molecule has 0 heterocycles. The summed E-state index contributed by atoms with van der Waals surface area (Å²) in [6, 6.07) is 16.9. The van der Waals surface area contributed by atoms with Gasteiger partial charge in [-0.2, -0.15) is 0 Å². The predicted octanol–water partition coefficient (Wildman–Crippen LogP) is 4.07. The van der Waals surface area contributed by atoms with Crippen LogP contribution in [0, 0.1) is 0 Å². The molecule has 2 rings (SSSR count). The Labute approximate surface area is 115 Å². The van der Waals surface area contributed by atoms with Gasteiger partial charge in [-0.1, -0.05) is 41.9 Å². The molecule has 2 aromatic rings. The van der Waals surface area contributed by atoms with E-state index in [-0.39, 0.29) is 5.91 Å². The molecule has 0 radical (unpaired) electrons. The van der Waals surface area contributed by atoms with Crippen LogP contribution in [0.1, 0.15) is 0 Å². The van der Waals surface area contributed by atoms with E-state index in [9.17, 15) is 4.79 Å². The van der Waals surface area contributed by atoms with E-state index in [4.69, 9.17) is 11.6 Å². The van der Waals surface area contributed by atoms with Gasteiger partial charge in [-0.3, -0.25) is 4.79 Å². The van der Waals surface area contributed by atoms with Gasteiger partial charge in [0.25, 0.3) is 0 Å². The van der Waals surface area contributed by atoms with Crippen LogP contribution in [0.4, 0.5) is 5.69 Å². The molecule has 92 valence electrons. The van der Waals surface area contributed by atoms with Crippen LogP contribution in [0.3, 0.4) is 0 Å². The van der Waals surface area contributed by atoms with Gasteiger partial charge >= 0.3 is 0 Å². The summed E-state index contributed by atoms with van der Waals surface area (Å²) in [6.45, 7) is 0. The lowest BCUT2D eigenvalue weighted by molar-refractivity contribution is -0.113. The molecule has 0 aliphatic rings. The minimum Gasteiger partial charge on any atom is -0.325 e. The van der Waals surface area contributed by atoms with Crippen molar-refractivity contribution in [3.8, 4) is 0 Å². The first kappa shape index (κ1) is 13.0. The van der Waals surface area contributed by atoms with Crippen molar-refractivity contribution in [3.63, 3.8) is 0 Å². The van der Waals surface area contributed by atoms with Crippen molar-refractivity contribution in [2.24, 2.45) is 0 Å². The fourth-order valence-electron chi connectivity index (χ4n) is 1.42. The molecule has 4 heteroatoms. The summed E-state index contributed by atoms with van der Waals surface area (Å²) in [4.78, 5) is 12.6.